The summed E-state index contributed by atoms with van der Waals surface area (Å²) in [6.45, 7) is 6.72. The molecule has 0 saturated carbocycles. The number of anilines is 1. The SMILES string of the molecule is CCNc1nnc(SCC(=O)NC(CC(C)C)C(=O)OC)s1. The summed E-state index contributed by atoms with van der Waals surface area (Å²) in [4.78, 5) is 23.6. The number of nitrogens with one attached hydrogen (secondary N) is 2. The molecule has 1 unspecified atom stereocenters. The summed E-state index contributed by atoms with van der Waals surface area (Å²) < 4.78 is 5.43. The molecule has 1 amide bonds. The molecule has 0 fully saturated rings. The van der Waals surface area contributed by atoms with Crippen LogP contribution in [-0.4, -0.2) is 47.5 Å². The summed E-state index contributed by atoms with van der Waals surface area (Å²) in [7, 11) is 1.32. The van der Waals surface area contributed by atoms with Crippen LogP contribution in [0, 0.1) is 5.92 Å². The number of aromatic nitrogens is 2. The molecule has 1 heterocycles. The van der Waals surface area contributed by atoms with Crippen molar-refractivity contribution in [2.45, 2.75) is 37.6 Å². The standard InChI is InChI=1S/C13H22N4O3S2/c1-5-14-12-16-17-13(22-12)21-7-10(18)15-9(6-8(2)3)11(19)20-4/h8-9H,5-7H2,1-4H3,(H,14,16)(H,15,18). The molecule has 0 aliphatic heterocycles. The number of rotatable bonds is 9. The maximum atomic E-state index is 12.0. The van der Waals surface area contributed by atoms with E-state index >= 15 is 0 Å². The van der Waals surface area contributed by atoms with E-state index in [0.717, 1.165) is 11.7 Å². The van der Waals surface area contributed by atoms with Gasteiger partial charge >= 0.3 is 5.97 Å². The summed E-state index contributed by atoms with van der Waals surface area (Å²) >= 11 is 2.69. The third-order valence-corrected chi connectivity index (χ3v) is 4.60. The third kappa shape index (κ3) is 6.61. The average Bonchev–Trinajstić information content (AvgIpc) is 2.91. The first-order chi connectivity index (χ1) is 10.5. The van der Waals surface area contributed by atoms with Gasteiger partial charge in [-0.1, -0.05) is 36.9 Å². The Labute approximate surface area is 138 Å². The molecule has 0 saturated heterocycles. The van der Waals surface area contributed by atoms with Gasteiger partial charge in [-0.25, -0.2) is 4.79 Å². The number of nitrogens with zero attached hydrogens (tertiary/aromatic N) is 2. The molecule has 0 bridgehead atoms. The van der Waals surface area contributed by atoms with Crippen molar-refractivity contribution in [3.63, 3.8) is 0 Å². The lowest BCUT2D eigenvalue weighted by Crippen LogP contribution is -2.43. The van der Waals surface area contributed by atoms with Crippen LogP contribution in [0.5, 0.6) is 0 Å². The Hall–Kier alpha value is -1.35. The van der Waals surface area contributed by atoms with Gasteiger partial charge in [0.15, 0.2) is 4.34 Å². The third-order valence-electron chi connectivity index (χ3n) is 2.59. The van der Waals surface area contributed by atoms with Gasteiger partial charge in [-0.15, -0.1) is 10.2 Å². The molecule has 0 spiro atoms. The van der Waals surface area contributed by atoms with E-state index in [1.54, 1.807) is 0 Å². The average molecular weight is 346 g/mol. The van der Waals surface area contributed by atoms with Crippen LogP contribution in [0.1, 0.15) is 27.2 Å². The van der Waals surface area contributed by atoms with Crippen LogP contribution in [0.3, 0.4) is 0 Å². The summed E-state index contributed by atoms with van der Waals surface area (Å²) in [6.07, 6.45) is 0.548. The van der Waals surface area contributed by atoms with Crippen LogP contribution in [0.2, 0.25) is 0 Å². The molecular formula is C13H22N4O3S2. The molecule has 1 aromatic rings. The summed E-state index contributed by atoms with van der Waals surface area (Å²) in [5.41, 5.74) is 0. The van der Waals surface area contributed by atoms with E-state index in [4.69, 9.17) is 4.74 Å². The van der Waals surface area contributed by atoms with Gasteiger partial charge < -0.3 is 15.4 Å². The van der Waals surface area contributed by atoms with Gasteiger partial charge in [-0.05, 0) is 19.3 Å². The number of hydrogen-bond acceptors (Lipinski definition) is 8. The van der Waals surface area contributed by atoms with Crippen molar-refractivity contribution in [2.75, 3.05) is 24.7 Å². The number of hydrogen-bond donors (Lipinski definition) is 2. The molecule has 9 heteroatoms. The first-order valence-corrected chi connectivity index (χ1v) is 8.83. The fourth-order valence-corrected chi connectivity index (χ4v) is 3.31. The lowest BCUT2D eigenvalue weighted by molar-refractivity contribution is -0.145. The fraction of sp³-hybridized carbons (Fsp3) is 0.692. The molecule has 1 aromatic heterocycles. The van der Waals surface area contributed by atoms with Gasteiger partial charge in [0.2, 0.25) is 11.0 Å². The molecule has 0 aromatic carbocycles. The zero-order valence-electron chi connectivity index (χ0n) is 13.2. The monoisotopic (exact) mass is 346 g/mol. The Balaban J connectivity index is 2.46. The van der Waals surface area contributed by atoms with Crippen molar-refractivity contribution in [3.05, 3.63) is 0 Å². The highest BCUT2D eigenvalue weighted by Crippen LogP contribution is 2.25. The molecular weight excluding hydrogens is 324 g/mol. The minimum absolute atomic E-state index is 0.187. The first-order valence-electron chi connectivity index (χ1n) is 7.03. The molecule has 7 nitrogen and oxygen atoms in total. The molecule has 1 rings (SSSR count). The minimum atomic E-state index is -0.607. The second-order valence-electron chi connectivity index (χ2n) is 4.96. The molecule has 0 aliphatic rings. The number of esters is 1. The Bertz CT molecular complexity index is 493. The van der Waals surface area contributed by atoms with E-state index in [0.29, 0.717) is 10.8 Å². The number of thioether (sulfide) groups is 1. The van der Waals surface area contributed by atoms with Gasteiger partial charge in [0.1, 0.15) is 6.04 Å². The van der Waals surface area contributed by atoms with Crippen molar-refractivity contribution in [3.8, 4) is 0 Å². The maximum absolute atomic E-state index is 12.0. The van der Waals surface area contributed by atoms with E-state index in [2.05, 4.69) is 20.8 Å². The largest absolute Gasteiger partial charge is 0.467 e. The van der Waals surface area contributed by atoms with E-state index < -0.39 is 12.0 Å². The Morgan fingerprint density at radius 1 is 1.36 bits per heavy atom. The Kier molecular flexibility index (Phi) is 8.18. The highest BCUT2D eigenvalue weighted by Gasteiger charge is 2.22. The van der Waals surface area contributed by atoms with E-state index in [9.17, 15) is 9.59 Å². The lowest BCUT2D eigenvalue weighted by atomic mass is 10.0. The molecule has 0 aliphatic carbocycles. The number of ether oxygens (including phenoxy) is 1. The summed E-state index contributed by atoms with van der Waals surface area (Å²) in [6, 6.07) is -0.607. The van der Waals surface area contributed by atoms with Crippen LogP contribution in [0.15, 0.2) is 4.34 Å². The van der Waals surface area contributed by atoms with E-state index in [1.165, 1.54) is 30.2 Å². The zero-order chi connectivity index (χ0) is 16.5. The summed E-state index contributed by atoms with van der Waals surface area (Å²) in [5, 5.41) is 14.4. The molecule has 0 radical (unpaired) electrons. The van der Waals surface area contributed by atoms with Crippen molar-refractivity contribution in [1.29, 1.82) is 0 Å². The molecule has 124 valence electrons. The number of amides is 1. The molecule has 22 heavy (non-hydrogen) atoms. The zero-order valence-corrected chi connectivity index (χ0v) is 14.8. The quantitative estimate of drug-likeness (QED) is 0.520. The van der Waals surface area contributed by atoms with E-state index in [-0.39, 0.29) is 17.6 Å². The predicted octanol–water partition coefficient (Wildman–Crippen LogP) is 1.77. The van der Waals surface area contributed by atoms with Crippen molar-refractivity contribution in [1.82, 2.24) is 15.5 Å². The number of carbonyl (C=O) groups is 2. The highest BCUT2D eigenvalue weighted by atomic mass is 32.2. The predicted molar refractivity (Wildman–Crippen MR) is 88.2 cm³/mol. The number of methoxy groups -OCH3 is 1. The number of carbonyl (C=O) groups excluding carboxylic acids is 2. The van der Waals surface area contributed by atoms with Gasteiger partial charge in [-0.3, -0.25) is 4.79 Å². The summed E-state index contributed by atoms with van der Waals surface area (Å²) in [5.74, 6) is -0.173. The minimum Gasteiger partial charge on any atom is -0.467 e. The van der Waals surface area contributed by atoms with Crippen molar-refractivity contribution in [2.24, 2.45) is 5.92 Å². The Morgan fingerprint density at radius 3 is 2.68 bits per heavy atom. The van der Waals surface area contributed by atoms with Crippen LogP contribution in [0.4, 0.5) is 5.13 Å². The Morgan fingerprint density at radius 2 is 2.09 bits per heavy atom. The van der Waals surface area contributed by atoms with Crippen molar-refractivity contribution < 1.29 is 14.3 Å². The first kappa shape index (κ1) is 18.7. The van der Waals surface area contributed by atoms with Crippen LogP contribution in [-0.2, 0) is 14.3 Å². The highest BCUT2D eigenvalue weighted by molar-refractivity contribution is 8.01. The molecule has 2 N–H and O–H groups in total. The van der Waals surface area contributed by atoms with Crippen LogP contribution < -0.4 is 10.6 Å². The topological polar surface area (TPSA) is 93.2 Å². The van der Waals surface area contributed by atoms with Gasteiger partial charge in [0, 0.05) is 6.54 Å². The maximum Gasteiger partial charge on any atom is 0.328 e. The lowest BCUT2D eigenvalue weighted by Gasteiger charge is -2.17. The van der Waals surface area contributed by atoms with Crippen molar-refractivity contribution >= 4 is 40.1 Å². The normalized spacial score (nSPS) is 12.0. The second kappa shape index (κ2) is 9.62. The smallest absolute Gasteiger partial charge is 0.328 e. The molecule has 1 atom stereocenters. The van der Waals surface area contributed by atoms with E-state index in [1.807, 2.05) is 20.8 Å². The van der Waals surface area contributed by atoms with Crippen LogP contribution >= 0.6 is 23.1 Å². The fourth-order valence-electron chi connectivity index (χ4n) is 1.68. The second-order valence-corrected chi connectivity index (χ2v) is 7.16. The van der Waals surface area contributed by atoms with Gasteiger partial charge in [0.25, 0.3) is 0 Å². The van der Waals surface area contributed by atoms with Crippen LogP contribution in [0.25, 0.3) is 0 Å². The van der Waals surface area contributed by atoms with Gasteiger partial charge in [-0.2, -0.15) is 0 Å². The van der Waals surface area contributed by atoms with Gasteiger partial charge in [0.05, 0.1) is 12.9 Å².